The van der Waals surface area contributed by atoms with E-state index in [-0.39, 0.29) is 0 Å². The quantitative estimate of drug-likeness (QED) is 0.201. The maximum absolute atomic E-state index is 5.01. The average Bonchev–Trinajstić information content (AvgIpc) is 3.65. The fraction of sp³-hybridized carbons (Fsp3) is 0. The molecule has 4 heterocycles. The van der Waals surface area contributed by atoms with Gasteiger partial charge in [-0.05, 0) is 30.3 Å². The van der Waals surface area contributed by atoms with Gasteiger partial charge in [-0.3, -0.25) is 0 Å². The van der Waals surface area contributed by atoms with Crippen LogP contribution in [0.1, 0.15) is 0 Å². The Morgan fingerprint density at radius 2 is 0.935 bits per heavy atom. The van der Waals surface area contributed by atoms with Crippen LogP contribution in [0.3, 0.4) is 0 Å². The highest BCUT2D eigenvalue weighted by atomic mass is 15.0. The maximum Gasteiger partial charge on any atom is 0.164 e. The summed E-state index contributed by atoms with van der Waals surface area (Å²) in [4.78, 5) is 14.9. The monoisotopic (exact) mass is 589 g/mol. The molecule has 0 saturated heterocycles. The van der Waals surface area contributed by atoms with Crippen molar-refractivity contribution < 1.29 is 0 Å². The van der Waals surface area contributed by atoms with Gasteiger partial charge in [0, 0.05) is 44.9 Å². The Balaban J connectivity index is 1.32. The largest absolute Gasteiger partial charge is 0.314 e. The van der Waals surface area contributed by atoms with Gasteiger partial charge in [0.15, 0.2) is 17.5 Å². The number of para-hydroxylation sites is 1. The van der Waals surface area contributed by atoms with Crippen molar-refractivity contribution in [1.82, 2.24) is 23.9 Å². The van der Waals surface area contributed by atoms with E-state index in [1.54, 1.807) is 0 Å². The van der Waals surface area contributed by atoms with Crippen LogP contribution in [-0.2, 0) is 0 Å². The third-order valence-electron chi connectivity index (χ3n) is 8.57. The summed E-state index contributed by atoms with van der Waals surface area (Å²) in [6.07, 6.45) is 2.16. The van der Waals surface area contributed by atoms with E-state index < -0.39 is 0 Å². The second-order valence-electron chi connectivity index (χ2n) is 11.3. The number of hydrogen-bond donors (Lipinski definition) is 0. The van der Waals surface area contributed by atoms with Crippen molar-refractivity contribution >= 4 is 27.3 Å². The van der Waals surface area contributed by atoms with Gasteiger partial charge in [-0.15, -0.1) is 0 Å². The molecular weight excluding hydrogens is 562 g/mol. The van der Waals surface area contributed by atoms with Crippen LogP contribution in [0.4, 0.5) is 0 Å². The SMILES string of the molecule is c1ccc(-c2nc(-c3ccccc3)nc(-c3cccc(-n4c5ccccc5c5c4c(-c4ccccc4)n4ccccc54)c3)n2)cc1. The Labute approximate surface area is 265 Å². The number of fused-ring (bicyclic) bond motifs is 5. The van der Waals surface area contributed by atoms with Gasteiger partial charge in [-0.1, -0.05) is 127 Å². The van der Waals surface area contributed by atoms with E-state index in [0.29, 0.717) is 17.5 Å². The molecule has 5 heteroatoms. The van der Waals surface area contributed by atoms with Crippen molar-refractivity contribution in [2.75, 3.05) is 0 Å². The molecule has 0 unspecified atom stereocenters. The van der Waals surface area contributed by atoms with E-state index in [4.69, 9.17) is 15.0 Å². The number of pyridine rings is 1. The van der Waals surface area contributed by atoms with Gasteiger partial charge in [0.1, 0.15) is 0 Å². The number of aromatic nitrogens is 5. The lowest BCUT2D eigenvalue weighted by atomic mass is 10.1. The first-order valence-corrected chi connectivity index (χ1v) is 15.4. The van der Waals surface area contributed by atoms with Crippen LogP contribution < -0.4 is 0 Å². The minimum absolute atomic E-state index is 0.632. The molecule has 0 amide bonds. The predicted molar refractivity (Wildman–Crippen MR) is 187 cm³/mol. The second kappa shape index (κ2) is 10.7. The Kier molecular flexibility index (Phi) is 6.06. The van der Waals surface area contributed by atoms with Gasteiger partial charge in [0.2, 0.25) is 0 Å². The highest BCUT2D eigenvalue weighted by Crippen LogP contribution is 2.42. The molecule has 9 rings (SSSR count). The second-order valence-corrected chi connectivity index (χ2v) is 11.3. The fourth-order valence-corrected chi connectivity index (χ4v) is 6.54. The van der Waals surface area contributed by atoms with E-state index >= 15 is 0 Å². The lowest BCUT2D eigenvalue weighted by molar-refractivity contribution is 1.07. The summed E-state index contributed by atoms with van der Waals surface area (Å²) in [5.74, 6) is 1.93. The van der Waals surface area contributed by atoms with Crippen molar-refractivity contribution in [3.05, 3.63) is 164 Å². The molecular formula is C41H27N5. The molecule has 0 spiro atoms. The van der Waals surface area contributed by atoms with Crippen molar-refractivity contribution in [1.29, 1.82) is 0 Å². The van der Waals surface area contributed by atoms with Crippen LogP contribution in [0, 0.1) is 0 Å². The Hall–Kier alpha value is -6.33. The lowest BCUT2D eigenvalue weighted by Gasteiger charge is -2.13. The van der Waals surface area contributed by atoms with Crippen molar-refractivity contribution in [2.24, 2.45) is 0 Å². The molecule has 0 radical (unpaired) electrons. The molecule has 0 aliphatic rings. The smallest absolute Gasteiger partial charge is 0.164 e. The highest BCUT2D eigenvalue weighted by Gasteiger charge is 2.23. The van der Waals surface area contributed by atoms with Crippen LogP contribution in [0.25, 0.3) is 78.4 Å². The van der Waals surface area contributed by atoms with Gasteiger partial charge in [0.05, 0.1) is 22.2 Å². The summed E-state index contributed by atoms with van der Waals surface area (Å²) in [6.45, 7) is 0. The van der Waals surface area contributed by atoms with E-state index in [0.717, 1.165) is 39.2 Å². The average molecular weight is 590 g/mol. The first-order valence-electron chi connectivity index (χ1n) is 15.4. The summed E-state index contributed by atoms with van der Waals surface area (Å²) >= 11 is 0. The molecule has 46 heavy (non-hydrogen) atoms. The standard InChI is InChI=1S/C41H27N5/c1-4-15-28(16-5-1)37-38-36(35-25-12-13-26-45(35)37)33-23-10-11-24-34(33)46(38)32-22-14-21-31(27-32)41-43-39(29-17-6-2-7-18-29)42-40(44-41)30-19-8-3-9-20-30/h1-27H. The summed E-state index contributed by atoms with van der Waals surface area (Å²) < 4.78 is 4.71. The van der Waals surface area contributed by atoms with Gasteiger partial charge in [-0.2, -0.15) is 0 Å². The number of benzene rings is 5. The molecule has 0 fully saturated rings. The zero-order chi connectivity index (χ0) is 30.5. The zero-order valence-corrected chi connectivity index (χ0v) is 24.8. The zero-order valence-electron chi connectivity index (χ0n) is 24.8. The van der Waals surface area contributed by atoms with E-state index in [1.165, 1.54) is 21.8 Å². The van der Waals surface area contributed by atoms with E-state index in [1.807, 2.05) is 60.7 Å². The lowest BCUT2D eigenvalue weighted by Crippen LogP contribution is -2.01. The third kappa shape index (κ3) is 4.21. The Morgan fingerprint density at radius 3 is 1.61 bits per heavy atom. The van der Waals surface area contributed by atoms with Crippen LogP contribution in [0.5, 0.6) is 0 Å². The third-order valence-corrected chi connectivity index (χ3v) is 8.57. The molecule has 5 nitrogen and oxygen atoms in total. The topological polar surface area (TPSA) is 48.0 Å². The van der Waals surface area contributed by atoms with Crippen LogP contribution in [0.15, 0.2) is 164 Å². The first kappa shape index (κ1) is 26.1. The van der Waals surface area contributed by atoms with Crippen LogP contribution >= 0.6 is 0 Å². The van der Waals surface area contributed by atoms with E-state index in [2.05, 4.69) is 112 Å². The van der Waals surface area contributed by atoms with Crippen molar-refractivity contribution in [3.8, 4) is 51.1 Å². The van der Waals surface area contributed by atoms with Crippen molar-refractivity contribution in [3.63, 3.8) is 0 Å². The van der Waals surface area contributed by atoms with Crippen LogP contribution in [-0.4, -0.2) is 23.9 Å². The van der Waals surface area contributed by atoms with E-state index in [9.17, 15) is 0 Å². The molecule has 9 aromatic rings. The predicted octanol–water partition coefficient (Wildman–Crippen LogP) is 9.89. The summed E-state index contributed by atoms with van der Waals surface area (Å²) in [7, 11) is 0. The minimum Gasteiger partial charge on any atom is -0.314 e. The molecule has 216 valence electrons. The molecule has 5 aromatic carbocycles. The molecule has 0 aliphatic heterocycles. The van der Waals surface area contributed by atoms with Crippen LogP contribution in [0.2, 0.25) is 0 Å². The number of rotatable bonds is 5. The molecule has 0 aliphatic carbocycles. The van der Waals surface area contributed by atoms with Crippen molar-refractivity contribution in [2.45, 2.75) is 0 Å². The van der Waals surface area contributed by atoms with Gasteiger partial charge < -0.3 is 8.97 Å². The number of nitrogens with zero attached hydrogens (tertiary/aromatic N) is 5. The maximum atomic E-state index is 5.01. The van der Waals surface area contributed by atoms with Gasteiger partial charge in [-0.25, -0.2) is 15.0 Å². The normalized spacial score (nSPS) is 11.5. The van der Waals surface area contributed by atoms with Gasteiger partial charge in [0.25, 0.3) is 0 Å². The molecule has 0 bridgehead atoms. The Morgan fingerprint density at radius 1 is 0.413 bits per heavy atom. The fourth-order valence-electron chi connectivity index (χ4n) is 6.54. The Bertz CT molecular complexity index is 2460. The number of hydrogen-bond acceptors (Lipinski definition) is 3. The molecule has 0 saturated carbocycles. The molecule has 0 atom stereocenters. The summed E-state index contributed by atoms with van der Waals surface area (Å²) in [5.41, 5.74) is 9.68. The summed E-state index contributed by atoms with van der Waals surface area (Å²) in [6, 6.07) is 54.5. The molecule has 4 aromatic heterocycles. The highest BCUT2D eigenvalue weighted by molar-refractivity contribution is 6.21. The minimum atomic E-state index is 0.632. The molecule has 0 N–H and O–H groups in total. The first-order chi connectivity index (χ1) is 22.8. The summed E-state index contributed by atoms with van der Waals surface area (Å²) in [5, 5.41) is 2.45. The van der Waals surface area contributed by atoms with Gasteiger partial charge >= 0.3 is 0 Å².